The SMILES string of the molecule is CCN(Cc1cc(O)c2c(c1Cl)C[C@H]1C[C@H]3[C@H](N(C)C)C(=O)C(C(N)=O)=C(O)[C@@]3(O)C(=O)C1=C2O)CC1CCCC1. The molecule has 1 aromatic rings. The number of carbonyl (C=O) groups excluding carboxylic acids is 3. The first-order valence-electron chi connectivity index (χ1n) is 14.2. The van der Waals surface area contributed by atoms with Crippen molar-refractivity contribution in [3.63, 3.8) is 0 Å². The number of Topliss-reactive ketones (excluding diaryl/α,β-unsaturated/α-hetero) is 2. The predicted octanol–water partition coefficient (Wildman–Crippen LogP) is 2.63. The number of nitrogens with two attached hydrogens (primary N) is 1. The zero-order chi connectivity index (χ0) is 30.0. The second kappa shape index (κ2) is 10.7. The molecule has 6 N–H and O–H groups in total. The van der Waals surface area contributed by atoms with E-state index in [9.17, 15) is 34.8 Å². The Bertz CT molecular complexity index is 1380. The molecule has 0 unspecified atom stereocenters. The van der Waals surface area contributed by atoms with Gasteiger partial charge in [0, 0.05) is 29.6 Å². The van der Waals surface area contributed by atoms with Gasteiger partial charge in [0.2, 0.25) is 5.78 Å². The number of aliphatic hydroxyl groups excluding tert-OH is 2. The molecule has 0 spiro atoms. The number of rotatable bonds is 7. The highest BCUT2D eigenvalue weighted by Gasteiger charge is 2.64. The summed E-state index contributed by atoms with van der Waals surface area (Å²) in [6.45, 7) is 4.34. The minimum Gasteiger partial charge on any atom is -0.508 e. The Labute approximate surface area is 244 Å². The van der Waals surface area contributed by atoms with Crippen LogP contribution in [0, 0.1) is 17.8 Å². The fourth-order valence-corrected chi connectivity index (χ4v) is 7.85. The third-order valence-electron chi connectivity index (χ3n) is 9.56. The van der Waals surface area contributed by atoms with Crippen molar-refractivity contribution in [2.24, 2.45) is 23.5 Å². The van der Waals surface area contributed by atoms with E-state index in [1.165, 1.54) is 36.6 Å². The van der Waals surface area contributed by atoms with Gasteiger partial charge in [0.25, 0.3) is 5.91 Å². The number of hydrogen-bond acceptors (Lipinski definition) is 9. The molecule has 0 aromatic heterocycles. The van der Waals surface area contributed by atoms with E-state index < -0.39 is 58.0 Å². The van der Waals surface area contributed by atoms with Crippen LogP contribution >= 0.6 is 11.6 Å². The van der Waals surface area contributed by atoms with Gasteiger partial charge in [0.05, 0.1) is 11.6 Å². The molecule has 4 aliphatic rings. The van der Waals surface area contributed by atoms with Gasteiger partial charge in [-0.05, 0) is 75.4 Å². The third-order valence-corrected chi connectivity index (χ3v) is 10.0. The number of ketones is 2. The van der Waals surface area contributed by atoms with Crippen LogP contribution in [0.4, 0.5) is 0 Å². The minimum atomic E-state index is -2.66. The van der Waals surface area contributed by atoms with Crippen molar-refractivity contribution < 1.29 is 34.8 Å². The lowest BCUT2D eigenvalue weighted by Gasteiger charge is -2.50. The molecule has 4 aliphatic carbocycles. The molecular weight excluding hydrogens is 550 g/mol. The number of halogens is 1. The van der Waals surface area contributed by atoms with Gasteiger partial charge in [0.15, 0.2) is 11.4 Å². The number of carbonyl (C=O) groups is 3. The van der Waals surface area contributed by atoms with E-state index in [1.54, 1.807) is 14.1 Å². The largest absolute Gasteiger partial charge is 0.508 e. The summed E-state index contributed by atoms with van der Waals surface area (Å²) in [5.41, 5.74) is 2.90. The number of fused-ring (bicyclic) bond motifs is 3. The summed E-state index contributed by atoms with van der Waals surface area (Å²) >= 11 is 6.93. The summed E-state index contributed by atoms with van der Waals surface area (Å²) in [5.74, 6) is -6.13. The zero-order valence-corrected chi connectivity index (χ0v) is 24.4. The Morgan fingerprint density at radius 3 is 2.41 bits per heavy atom. The number of hydrogen-bond donors (Lipinski definition) is 5. The molecule has 222 valence electrons. The van der Waals surface area contributed by atoms with Crippen LogP contribution < -0.4 is 5.73 Å². The van der Waals surface area contributed by atoms with Gasteiger partial charge in [-0.3, -0.25) is 24.2 Å². The average Bonchev–Trinajstić information content (AvgIpc) is 3.41. The van der Waals surface area contributed by atoms with Crippen molar-refractivity contribution in [2.45, 2.75) is 63.6 Å². The predicted molar refractivity (Wildman–Crippen MR) is 152 cm³/mol. The normalized spacial score (nSPS) is 28.4. The monoisotopic (exact) mass is 587 g/mol. The first-order valence-corrected chi connectivity index (χ1v) is 14.6. The van der Waals surface area contributed by atoms with E-state index in [0.29, 0.717) is 28.6 Å². The maximum absolute atomic E-state index is 13.9. The molecule has 1 amide bonds. The standard InChI is InChI=1S/C30H38ClN3O7/c1-4-34(12-14-7-5-6-8-14)13-16-11-19(35)21-17(23(16)31)9-15-10-18-24(33(2)3)26(37)22(29(32)40)28(39)30(18,41)27(38)20(15)25(21)36/h11,14-15,18,24,35-36,39,41H,4-10,12-13H2,1-3H3,(H2,32,40)/t15-,18-,24-,30-/m0/s1. The fraction of sp³-hybridized carbons (Fsp3) is 0.567. The Kier molecular flexibility index (Phi) is 7.74. The maximum atomic E-state index is 13.9. The second-order valence-electron chi connectivity index (χ2n) is 12.2. The summed E-state index contributed by atoms with van der Waals surface area (Å²) in [4.78, 5) is 43.1. The van der Waals surface area contributed by atoms with Gasteiger partial charge >= 0.3 is 0 Å². The quantitative estimate of drug-likeness (QED) is 0.302. The van der Waals surface area contributed by atoms with Crippen molar-refractivity contribution in [1.82, 2.24) is 9.80 Å². The van der Waals surface area contributed by atoms with Crippen molar-refractivity contribution in [2.75, 3.05) is 27.2 Å². The maximum Gasteiger partial charge on any atom is 0.255 e. The summed E-state index contributed by atoms with van der Waals surface area (Å²) in [7, 11) is 3.14. The molecule has 11 heteroatoms. The molecule has 2 saturated carbocycles. The number of likely N-dealkylation sites (N-methyl/N-ethyl adjacent to an activating group) is 1. The highest BCUT2D eigenvalue weighted by atomic mass is 35.5. The van der Waals surface area contributed by atoms with E-state index in [4.69, 9.17) is 17.3 Å². The van der Waals surface area contributed by atoms with Crippen molar-refractivity contribution in [3.05, 3.63) is 44.7 Å². The summed E-state index contributed by atoms with van der Waals surface area (Å²) in [6, 6.07) is 0.376. The second-order valence-corrected chi connectivity index (χ2v) is 12.5. The van der Waals surface area contributed by atoms with Gasteiger partial charge in [-0.2, -0.15) is 0 Å². The van der Waals surface area contributed by atoms with Gasteiger partial charge < -0.3 is 26.2 Å². The molecule has 41 heavy (non-hydrogen) atoms. The molecule has 5 rings (SSSR count). The highest BCUT2D eigenvalue weighted by Crippen LogP contribution is 2.53. The van der Waals surface area contributed by atoms with Gasteiger partial charge in [-0.15, -0.1) is 0 Å². The van der Waals surface area contributed by atoms with Crippen LogP contribution in [-0.4, -0.2) is 86.5 Å². The Hall–Kier alpha value is -2.92. The number of phenols is 1. The zero-order valence-electron chi connectivity index (χ0n) is 23.6. The van der Waals surface area contributed by atoms with E-state index >= 15 is 0 Å². The lowest BCUT2D eigenvalue weighted by Crippen LogP contribution is -2.65. The van der Waals surface area contributed by atoms with Crippen LogP contribution in [0.2, 0.25) is 5.02 Å². The molecule has 0 aliphatic heterocycles. The Balaban J connectivity index is 1.58. The molecule has 1 aromatic carbocycles. The van der Waals surface area contributed by atoms with Gasteiger partial charge in [-0.1, -0.05) is 31.4 Å². The Morgan fingerprint density at radius 1 is 1.17 bits per heavy atom. The van der Waals surface area contributed by atoms with Crippen LogP contribution in [0.1, 0.15) is 55.7 Å². The summed E-state index contributed by atoms with van der Waals surface area (Å²) in [6.07, 6.45) is 5.08. The fourth-order valence-electron chi connectivity index (χ4n) is 7.57. The van der Waals surface area contributed by atoms with Crippen LogP contribution in [0.3, 0.4) is 0 Å². The van der Waals surface area contributed by atoms with Crippen LogP contribution in [0.25, 0.3) is 5.76 Å². The topological polar surface area (TPSA) is 165 Å². The molecule has 2 fully saturated rings. The number of aliphatic hydroxyl groups is 3. The van der Waals surface area contributed by atoms with Crippen molar-refractivity contribution in [3.8, 4) is 5.75 Å². The first-order chi connectivity index (χ1) is 19.3. The van der Waals surface area contributed by atoms with E-state index in [-0.39, 0.29) is 29.7 Å². The lowest BCUT2D eigenvalue weighted by molar-refractivity contribution is -0.153. The van der Waals surface area contributed by atoms with Crippen molar-refractivity contribution >= 4 is 34.8 Å². The van der Waals surface area contributed by atoms with Crippen LogP contribution in [0.5, 0.6) is 5.75 Å². The molecule has 0 radical (unpaired) electrons. The van der Waals surface area contributed by atoms with Crippen molar-refractivity contribution in [1.29, 1.82) is 0 Å². The average molecular weight is 588 g/mol. The number of aromatic hydroxyl groups is 1. The van der Waals surface area contributed by atoms with E-state index in [1.807, 2.05) is 0 Å². The van der Waals surface area contributed by atoms with Crippen LogP contribution in [-0.2, 0) is 27.3 Å². The summed E-state index contributed by atoms with van der Waals surface area (Å²) in [5, 5.41) is 45.5. The molecule has 0 saturated heterocycles. The first kappa shape index (κ1) is 29.6. The summed E-state index contributed by atoms with van der Waals surface area (Å²) < 4.78 is 0. The van der Waals surface area contributed by atoms with Crippen LogP contribution in [0.15, 0.2) is 23.0 Å². The third kappa shape index (κ3) is 4.56. The number of primary amides is 1. The molecule has 0 bridgehead atoms. The Morgan fingerprint density at radius 2 is 1.83 bits per heavy atom. The number of amides is 1. The highest BCUT2D eigenvalue weighted by molar-refractivity contribution is 6.32. The van der Waals surface area contributed by atoms with E-state index in [2.05, 4.69) is 11.8 Å². The minimum absolute atomic E-state index is 0.00822. The number of nitrogens with zero attached hydrogens (tertiary/aromatic N) is 2. The molecule has 10 nitrogen and oxygen atoms in total. The molecule has 4 atom stereocenters. The molecule has 0 heterocycles. The smallest absolute Gasteiger partial charge is 0.255 e. The number of benzene rings is 1. The lowest BCUT2D eigenvalue weighted by atomic mass is 9.57. The molecular formula is C30H38ClN3O7. The number of phenolic OH excluding ortho intramolecular Hbond substituents is 1. The van der Waals surface area contributed by atoms with Gasteiger partial charge in [-0.25, -0.2) is 0 Å². The van der Waals surface area contributed by atoms with E-state index in [0.717, 1.165) is 13.1 Å². The van der Waals surface area contributed by atoms with Gasteiger partial charge in [0.1, 0.15) is 22.8 Å².